The third-order valence-corrected chi connectivity index (χ3v) is 3.72. The Labute approximate surface area is 179 Å². The maximum atomic E-state index is 11.5. The number of guanidine groups is 1. The topological polar surface area (TPSA) is 84.0 Å². The van der Waals surface area contributed by atoms with Crippen LogP contribution in [0.3, 0.4) is 0 Å². The van der Waals surface area contributed by atoms with Gasteiger partial charge in [-0.3, -0.25) is 9.79 Å². The van der Waals surface area contributed by atoms with Crippen molar-refractivity contribution in [1.29, 1.82) is 0 Å². The highest BCUT2D eigenvalue weighted by Gasteiger charge is 2.08. The van der Waals surface area contributed by atoms with Gasteiger partial charge in [-0.25, -0.2) is 0 Å². The molecule has 0 atom stereocenters. The van der Waals surface area contributed by atoms with E-state index in [4.69, 9.17) is 9.47 Å². The van der Waals surface area contributed by atoms with Gasteiger partial charge in [0.15, 0.2) is 24.1 Å². The van der Waals surface area contributed by atoms with Crippen molar-refractivity contribution in [2.75, 3.05) is 33.9 Å². The number of carbonyl (C=O) groups excluding carboxylic acids is 1. The summed E-state index contributed by atoms with van der Waals surface area (Å²) in [4.78, 5) is 15.7. The van der Waals surface area contributed by atoms with Gasteiger partial charge in [-0.1, -0.05) is 25.8 Å². The van der Waals surface area contributed by atoms with Crippen LogP contribution in [0.25, 0.3) is 0 Å². The van der Waals surface area contributed by atoms with Gasteiger partial charge in [-0.2, -0.15) is 0 Å². The van der Waals surface area contributed by atoms with Crippen molar-refractivity contribution in [3.8, 4) is 11.5 Å². The zero-order valence-corrected chi connectivity index (χ0v) is 19.1. The van der Waals surface area contributed by atoms with Gasteiger partial charge >= 0.3 is 0 Å². The number of nitrogens with zero attached hydrogens (tertiary/aromatic N) is 1. The van der Waals surface area contributed by atoms with Crippen LogP contribution in [0.1, 0.15) is 38.7 Å². The summed E-state index contributed by atoms with van der Waals surface area (Å²) in [5.41, 5.74) is 1.03. The molecule has 1 rings (SSSR count). The SMILES string of the molecule is CCCCCNC(=NC)NCc1ccc(OCC(=O)NCC)c(OC)c1.I. The van der Waals surface area contributed by atoms with Crippen molar-refractivity contribution in [2.24, 2.45) is 4.99 Å². The molecule has 0 radical (unpaired) electrons. The fraction of sp³-hybridized carbons (Fsp3) is 0.579. The standard InChI is InChI=1S/C19H32N4O3.HI/c1-5-7-8-11-22-19(20-3)23-13-15-9-10-16(17(12-15)25-4)26-14-18(24)21-6-2;/h9-10,12H,5-8,11,13-14H2,1-4H3,(H,21,24)(H2,20,22,23);1H. The number of halogens is 1. The highest BCUT2D eigenvalue weighted by Crippen LogP contribution is 2.28. The Kier molecular flexibility index (Phi) is 14.4. The molecule has 27 heavy (non-hydrogen) atoms. The van der Waals surface area contributed by atoms with E-state index in [1.54, 1.807) is 14.2 Å². The number of ether oxygens (including phenoxy) is 2. The Morgan fingerprint density at radius 1 is 1.11 bits per heavy atom. The predicted molar refractivity (Wildman–Crippen MR) is 120 cm³/mol. The van der Waals surface area contributed by atoms with Crippen molar-refractivity contribution in [2.45, 2.75) is 39.7 Å². The van der Waals surface area contributed by atoms with Crippen LogP contribution >= 0.6 is 24.0 Å². The van der Waals surface area contributed by atoms with Gasteiger partial charge < -0.3 is 25.4 Å². The first-order chi connectivity index (χ1) is 12.6. The summed E-state index contributed by atoms with van der Waals surface area (Å²) in [6.07, 6.45) is 3.53. The number of carbonyl (C=O) groups is 1. The first-order valence-electron chi connectivity index (χ1n) is 9.15. The molecule has 0 bridgehead atoms. The molecule has 0 aromatic heterocycles. The predicted octanol–water partition coefficient (Wildman–Crippen LogP) is 2.68. The number of methoxy groups -OCH3 is 1. The van der Waals surface area contributed by atoms with Crippen LogP contribution in [-0.2, 0) is 11.3 Å². The fourth-order valence-electron chi connectivity index (χ4n) is 2.32. The van der Waals surface area contributed by atoms with E-state index in [9.17, 15) is 4.79 Å². The van der Waals surface area contributed by atoms with E-state index in [2.05, 4.69) is 27.9 Å². The van der Waals surface area contributed by atoms with E-state index < -0.39 is 0 Å². The summed E-state index contributed by atoms with van der Waals surface area (Å²) in [5.74, 6) is 1.76. The Hall–Kier alpha value is -1.71. The van der Waals surface area contributed by atoms with Gasteiger partial charge in [0.25, 0.3) is 5.91 Å². The molecule has 154 valence electrons. The van der Waals surface area contributed by atoms with Crippen LogP contribution in [0.5, 0.6) is 11.5 Å². The van der Waals surface area contributed by atoms with Crippen LogP contribution in [0.15, 0.2) is 23.2 Å². The first-order valence-corrected chi connectivity index (χ1v) is 9.15. The second kappa shape index (κ2) is 15.4. The quantitative estimate of drug-likeness (QED) is 0.192. The van der Waals surface area contributed by atoms with Crippen LogP contribution in [-0.4, -0.2) is 45.7 Å². The number of hydrogen-bond acceptors (Lipinski definition) is 4. The van der Waals surface area contributed by atoms with E-state index >= 15 is 0 Å². The molecule has 7 nitrogen and oxygen atoms in total. The molecular weight excluding hydrogens is 459 g/mol. The minimum atomic E-state index is -0.154. The van der Waals surface area contributed by atoms with E-state index in [1.165, 1.54) is 12.8 Å². The second-order valence-electron chi connectivity index (χ2n) is 5.79. The molecular formula is C19H33IN4O3. The maximum absolute atomic E-state index is 11.5. The maximum Gasteiger partial charge on any atom is 0.257 e. The molecule has 0 heterocycles. The molecule has 0 aliphatic carbocycles. The first kappa shape index (κ1) is 25.3. The molecule has 1 aromatic carbocycles. The summed E-state index contributed by atoms with van der Waals surface area (Å²) in [7, 11) is 3.34. The normalized spacial score (nSPS) is 10.6. The van der Waals surface area contributed by atoms with E-state index in [0.717, 1.165) is 24.5 Å². The number of hydrogen-bond donors (Lipinski definition) is 3. The lowest BCUT2D eigenvalue weighted by Crippen LogP contribution is -2.37. The van der Waals surface area contributed by atoms with Gasteiger partial charge in [0.05, 0.1) is 7.11 Å². The molecule has 0 spiro atoms. The van der Waals surface area contributed by atoms with Crippen LogP contribution in [0.2, 0.25) is 0 Å². The molecule has 8 heteroatoms. The van der Waals surface area contributed by atoms with Crippen molar-refractivity contribution >= 4 is 35.8 Å². The van der Waals surface area contributed by atoms with Crippen molar-refractivity contribution in [3.63, 3.8) is 0 Å². The number of rotatable bonds is 11. The van der Waals surface area contributed by atoms with Crippen LogP contribution < -0.4 is 25.4 Å². The lowest BCUT2D eigenvalue weighted by Gasteiger charge is -2.14. The zero-order valence-electron chi connectivity index (χ0n) is 16.8. The van der Waals surface area contributed by atoms with E-state index in [-0.39, 0.29) is 36.5 Å². The number of amides is 1. The smallest absolute Gasteiger partial charge is 0.257 e. The average Bonchev–Trinajstić information content (AvgIpc) is 2.66. The second-order valence-corrected chi connectivity index (χ2v) is 5.79. The Balaban J connectivity index is 0.00000676. The summed E-state index contributed by atoms with van der Waals surface area (Å²) < 4.78 is 10.9. The van der Waals surface area contributed by atoms with Gasteiger partial charge in [0, 0.05) is 26.7 Å². The molecule has 0 fully saturated rings. The molecule has 0 aliphatic rings. The summed E-state index contributed by atoms with van der Waals surface area (Å²) >= 11 is 0. The molecule has 0 saturated carbocycles. The monoisotopic (exact) mass is 492 g/mol. The Morgan fingerprint density at radius 2 is 1.89 bits per heavy atom. The minimum absolute atomic E-state index is 0. The van der Waals surface area contributed by atoms with Crippen molar-refractivity contribution < 1.29 is 14.3 Å². The fourth-order valence-corrected chi connectivity index (χ4v) is 2.32. The molecule has 1 aromatic rings. The third kappa shape index (κ3) is 10.3. The zero-order chi connectivity index (χ0) is 19.2. The lowest BCUT2D eigenvalue weighted by atomic mass is 10.2. The van der Waals surface area contributed by atoms with Gasteiger partial charge in [0.2, 0.25) is 0 Å². The highest BCUT2D eigenvalue weighted by atomic mass is 127. The molecule has 0 aliphatic heterocycles. The number of unbranched alkanes of at least 4 members (excludes halogenated alkanes) is 2. The van der Waals surface area contributed by atoms with Crippen LogP contribution in [0, 0.1) is 0 Å². The Bertz CT molecular complexity index is 582. The summed E-state index contributed by atoms with van der Waals surface area (Å²) in [6, 6.07) is 5.64. The largest absolute Gasteiger partial charge is 0.493 e. The van der Waals surface area contributed by atoms with E-state index in [1.807, 2.05) is 25.1 Å². The molecule has 3 N–H and O–H groups in total. The number of aliphatic imine (C=N–C) groups is 1. The van der Waals surface area contributed by atoms with E-state index in [0.29, 0.717) is 24.6 Å². The third-order valence-electron chi connectivity index (χ3n) is 3.72. The lowest BCUT2D eigenvalue weighted by molar-refractivity contribution is -0.123. The minimum Gasteiger partial charge on any atom is -0.493 e. The van der Waals surface area contributed by atoms with Crippen molar-refractivity contribution in [3.05, 3.63) is 23.8 Å². The van der Waals surface area contributed by atoms with Crippen LogP contribution in [0.4, 0.5) is 0 Å². The molecule has 0 unspecified atom stereocenters. The number of nitrogens with one attached hydrogen (secondary N) is 3. The van der Waals surface area contributed by atoms with Gasteiger partial charge in [-0.15, -0.1) is 24.0 Å². The van der Waals surface area contributed by atoms with Crippen molar-refractivity contribution in [1.82, 2.24) is 16.0 Å². The molecule has 1 amide bonds. The molecule has 0 saturated heterocycles. The number of likely N-dealkylation sites (N-methyl/N-ethyl adjacent to an activating group) is 1. The highest BCUT2D eigenvalue weighted by molar-refractivity contribution is 14.0. The Morgan fingerprint density at radius 3 is 2.52 bits per heavy atom. The summed E-state index contributed by atoms with van der Waals surface area (Å²) in [6.45, 7) is 6.12. The van der Waals surface area contributed by atoms with Gasteiger partial charge in [0.1, 0.15) is 0 Å². The van der Waals surface area contributed by atoms with Gasteiger partial charge in [-0.05, 0) is 31.0 Å². The number of benzene rings is 1. The average molecular weight is 492 g/mol. The summed E-state index contributed by atoms with van der Waals surface area (Å²) in [5, 5.41) is 9.27.